The van der Waals surface area contributed by atoms with E-state index in [-0.39, 0.29) is 11.1 Å². The number of carbonyl (C=O) groups excluding carboxylic acids is 4. The lowest BCUT2D eigenvalue weighted by Gasteiger charge is -2.33. The number of rotatable bonds is 14. The molecule has 0 radical (unpaired) electrons. The van der Waals surface area contributed by atoms with Gasteiger partial charge >= 0.3 is 0 Å². The first-order valence-electron chi connectivity index (χ1n) is 27.6. The minimum Gasteiger partial charge on any atom is -0.497 e. The third-order valence-corrected chi connectivity index (χ3v) is 15.5. The van der Waals surface area contributed by atoms with E-state index in [4.69, 9.17) is 15.9 Å². The van der Waals surface area contributed by atoms with E-state index in [9.17, 15) is 19.2 Å². The summed E-state index contributed by atoms with van der Waals surface area (Å²) < 4.78 is 11.0. The standard InChI is InChI=1S/C72H63N3O6/c1-11-13-14-15-16-17-34-73-69(76)60-30-32-62-67-63(33-31-61(66(60)67)70(73)77)72(79)75(71(62)78)68-48(7)37-52(38-49(68)8)19-21-54-42-50(12-2)41-53(43-54)20-18-51-35-44(3)64(45(4)36-51)65-46(5)39-57(40-47(65)6)74(55-22-26-58(80-9)27-23-55)56-24-28-59(81-10)29-25-56/h2,22-33,35-43H,11,13-17,34H2,1,3-10H3. The Morgan fingerprint density at radius 1 is 0.432 bits per heavy atom. The van der Waals surface area contributed by atoms with Crippen molar-refractivity contribution >= 4 is 57.2 Å². The SMILES string of the molecule is C#Cc1cc(C#Cc2cc(C)c(-c3c(C)cc(N(c4ccc(OC)cc4)c4ccc(OC)cc4)cc3C)c(C)c2)cc(C#Cc2cc(C)c(N3C(=O)c4ccc5c6c(ccc(c46)C3=O)C(=O)N(CCCCCCCC)C5=O)c(C)c2)c1. The van der Waals surface area contributed by atoms with Crippen molar-refractivity contribution in [3.8, 4) is 58.7 Å². The van der Waals surface area contributed by atoms with Crippen molar-refractivity contribution in [2.24, 2.45) is 0 Å². The van der Waals surface area contributed by atoms with Gasteiger partial charge in [0.1, 0.15) is 11.5 Å². The van der Waals surface area contributed by atoms with Crippen LogP contribution in [0.2, 0.25) is 0 Å². The average Bonchev–Trinajstić information content (AvgIpc) is 3.64. The molecule has 2 heterocycles. The molecule has 2 aliphatic heterocycles. The number of hydrogen-bond donors (Lipinski definition) is 0. The second kappa shape index (κ2) is 23.0. The largest absolute Gasteiger partial charge is 0.497 e. The molecule has 8 aromatic carbocycles. The average molecular weight is 1070 g/mol. The first kappa shape index (κ1) is 54.7. The number of carbonyl (C=O) groups is 4. The molecular weight excluding hydrogens is 1000 g/mol. The molecule has 4 amide bonds. The van der Waals surface area contributed by atoms with Gasteiger partial charge in [-0.25, -0.2) is 4.90 Å². The van der Waals surface area contributed by atoms with E-state index in [1.54, 1.807) is 38.5 Å². The molecule has 0 saturated carbocycles. The third-order valence-electron chi connectivity index (χ3n) is 15.5. The molecule has 10 rings (SSSR count). The Balaban J connectivity index is 0.883. The fraction of sp³-hybridized carbons (Fsp3) is 0.222. The molecule has 0 unspecified atom stereocenters. The second-order valence-corrected chi connectivity index (χ2v) is 21.1. The lowest BCUT2D eigenvalue weighted by molar-refractivity contribution is 0.0606. The van der Waals surface area contributed by atoms with Gasteiger partial charge in [-0.3, -0.25) is 24.1 Å². The number of imide groups is 2. The van der Waals surface area contributed by atoms with Crippen LogP contribution in [0.4, 0.5) is 22.7 Å². The number of ether oxygens (including phenoxy) is 2. The maximum absolute atomic E-state index is 14.5. The minimum absolute atomic E-state index is 0.263. The summed E-state index contributed by atoms with van der Waals surface area (Å²) in [4.78, 5) is 61.4. The summed E-state index contributed by atoms with van der Waals surface area (Å²) in [5, 5.41) is 0.714. The highest BCUT2D eigenvalue weighted by Gasteiger charge is 2.41. The molecular formula is C72H63N3O6. The molecule has 0 saturated heterocycles. The van der Waals surface area contributed by atoms with E-state index in [0.29, 0.717) is 61.9 Å². The first-order chi connectivity index (χ1) is 39.1. The van der Waals surface area contributed by atoms with Crippen LogP contribution in [0.15, 0.2) is 127 Å². The molecule has 8 aromatic rings. The number of benzene rings is 8. The van der Waals surface area contributed by atoms with Crippen molar-refractivity contribution in [2.45, 2.75) is 87.0 Å². The quantitative estimate of drug-likeness (QED) is 0.0608. The predicted octanol–water partition coefficient (Wildman–Crippen LogP) is 15.4. The van der Waals surface area contributed by atoms with E-state index in [1.807, 2.05) is 68.4 Å². The van der Waals surface area contributed by atoms with Gasteiger partial charge in [0.15, 0.2) is 0 Å². The highest BCUT2D eigenvalue weighted by molar-refractivity contribution is 6.39. The fourth-order valence-electron chi connectivity index (χ4n) is 11.7. The van der Waals surface area contributed by atoms with Gasteiger partial charge in [-0.2, -0.15) is 0 Å². The molecule has 0 spiro atoms. The summed E-state index contributed by atoms with van der Waals surface area (Å²) in [5.74, 6) is 15.8. The van der Waals surface area contributed by atoms with Gasteiger partial charge in [0.2, 0.25) is 0 Å². The molecule has 2 aliphatic rings. The molecule has 0 bridgehead atoms. The molecule has 0 fully saturated rings. The number of hydrogen-bond acceptors (Lipinski definition) is 7. The van der Waals surface area contributed by atoms with Gasteiger partial charge in [0.25, 0.3) is 23.6 Å². The van der Waals surface area contributed by atoms with E-state index < -0.39 is 23.6 Å². The summed E-state index contributed by atoms with van der Waals surface area (Å²) in [6, 6.07) is 40.7. The Morgan fingerprint density at radius 2 is 0.802 bits per heavy atom. The Labute approximate surface area is 475 Å². The summed E-state index contributed by atoms with van der Waals surface area (Å²) >= 11 is 0. The Bertz CT molecular complexity index is 3890. The van der Waals surface area contributed by atoms with E-state index in [2.05, 4.69) is 118 Å². The van der Waals surface area contributed by atoms with Gasteiger partial charge in [-0.1, -0.05) is 68.6 Å². The summed E-state index contributed by atoms with van der Waals surface area (Å²) in [6.07, 6.45) is 12.1. The van der Waals surface area contributed by atoms with Gasteiger partial charge in [-0.15, -0.1) is 6.42 Å². The van der Waals surface area contributed by atoms with Crippen molar-refractivity contribution in [3.05, 3.63) is 211 Å². The zero-order chi connectivity index (χ0) is 57.2. The highest BCUT2D eigenvalue weighted by atomic mass is 16.5. The summed E-state index contributed by atoms with van der Waals surface area (Å²) in [6.45, 7) is 14.8. The van der Waals surface area contributed by atoms with Crippen LogP contribution in [-0.2, 0) is 0 Å². The fourth-order valence-corrected chi connectivity index (χ4v) is 11.7. The monoisotopic (exact) mass is 1070 g/mol. The molecule has 81 heavy (non-hydrogen) atoms. The van der Waals surface area contributed by atoms with Gasteiger partial charge in [0, 0.05) is 84.5 Å². The second-order valence-electron chi connectivity index (χ2n) is 21.1. The predicted molar refractivity (Wildman–Crippen MR) is 325 cm³/mol. The number of aryl methyl sites for hydroxylation is 6. The molecule has 0 aliphatic carbocycles. The lowest BCUT2D eigenvalue weighted by atomic mass is 9.85. The van der Waals surface area contributed by atoms with Gasteiger partial charge in [0.05, 0.1) is 19.9 Å². The van der Waals surface area contributed by atoms with Gasteiger partial charge < -0.3 is 14.4 Å². The van der Waals surface area contributed by atoms with E-state index >= 15 is 0 Å². The Kier molecular flexibility index (Phi) is 15.5. The normalized spacial score (nSPS) is 12.4. The summed E-state index contributed by atoms with van der Waals surface area (Å²) in [5.41, 5.74) is 16.5. The van der Waals surface area contributed by atoms with Crippen LogP contribution in [0.1, 0.15) is 148 Å². The number of methoxy groups -OCH3 is 2. The lowest BCUT2D eigenvalue weighted by Crippen LogP contribution is -2.44. The van der Waals surface area contributed by atoms with Crippen molar-refractivity contribution in [1.29, 1.82) is 0 Å². The highest BCUT2D eigenvalue weighted by Crippen LogP contribution is 2.43. The Morgan fingerprint density at radius 3 is 1.22 bits per heavy atom. The molecule has 402 valence electrons. The zero-order valence-corrected chi connectivity index (χ0v) is 47.4. The smallest absolute Gasteiger partial charge is 0.266 e. The molecule has 0 aromatic heterocycles. The van der Waals surface area contributed by atoms with Crippen molar-refractivity contribution in [1.82, 2.24) is 4.90 Å². The van der Waals surface area contributed by atoms with Crippen molar-refractivity contribution < 1.29 is 28.7 Å². The van der Waals surface area contributed by atoms with Crippen LogP contribution in [0, 0.1) is 77.6 Å². The first-order valence-corrected chi connectivity index (χ1v) is 27.6. The van der Waals surface area contributed by atoms with Crippen LogP contribution >= 0.6 is 0 Å². The molecule has 9 nitrogen and oxygen atoms in total. The van der Waals surface area contributed by atoms with Crippen LogP contribution in [0.5, 0.6) is 11.5 Å². The molecule has 9 heteroatoms. The van der Waals surface area contributed by atoms with Crippen LogP contribution < -0.4 is 19.3 Å². The van der Waals surface area contributed by atoms with Crippen molar-refractivity contribution in [2.75, 3.05) is 30.6 Å². The Hall–Kier alpha value is -9.62. The number of unbranched alkanes of at least 4 members (excludes halogenated alkanes) is 5. The van der Waals surface area contributed by atoms with E-state index in [0.717, 1.165) is 100 Å². The van der Waals surface area contributed by atoms with Crippen LogP contribution in [0.25, 0.3) is 21.9 Å². The van der Waals surface area contributed by atoms with Crippen molar-refractivity contribution in [3.63, 3.8) is 0 Å². The number of terminal acetylenes is 1. The number of anilines is 4. The molecule has 0 N–H and O–H groups in total. The number of amides is 4. The molecule has 0 atom stereocenters. The van der Waals surface area contributed by atoms with Crippen LogP contribution in [0.3, 0.4) is 0 Å². The van der Waals surface area contributed by atoms with Gasteiger partial charge in [-0.05, 0) is 220 Å². The van der Waals surface area contributed by atoms with Crippen LogP contribution in [-0.4, -0.2) is 49.3 Å². The summed E-state index contributed by atoms with van der Waals surface area (Å²) in [7, 11) is 3.34. The number of nitrogens with zero attached hydrogens (tertiary/aromatic N) is 3. The minimum atomic E-state index is -0.521. The topological polar surface area (TPSA) is 96.5 Å². The van der Waals surface area contributed by atoms with E-state index in [1.165, 1.54) is 20.9 Å². The maximum atomic E-state index is 14.5. The third kappa shape index (κ3) is 10.6. The maximum Gasteiger partial charge on any atom is 0.266 e. The zero-order valence-electron chi connectivity index (χ0n) is 47.4.